The molecule has 144 valence electrons. The lowest BCUT2D eigenvalue weighted by Crippen LogP contribution is -2.10. The third kappa shape index (κ3) is 14.1. The van der Waals surface area contributed by atoms with Crippen LogP contribution in [0.3, 0.4) is 0 Å². The molecule has 1 atom stereocenters. The largest absolute Gasteiger partial charge is 0.393 e. The Morgan fingerprint density at radius 1 is 0.640 bits per heavy atom. The van der Waals surface area contributed by atoms with Gasteiger partial charge in [-0.2, -0.15) is 0 Å². The van der Waals surface area contributed by atoms with E-state index < -0.39 is 0 Å². The van der Waals surface area contributed by atoms with Gasteiger partial charge in [0, 0.05) is 0 Å². The van der Waals surface area contributed by atoms with E-state index in [4.69, 9.17) is 0 Å². The van der Waals surface area contributed by atoms with Gasteiger partial charge in [0.1, 0.15) is 0 Å². The maximum Gasteiger partial charge on any atom is 0.0580 e. The molecule has 1 N–H and O–H groups in total. The number of aliphatic hydroxyl groups excluding tert-OH is 1. The van der Waals surface area contributed by atoms with Crippen LogP contribution in [0.25, 0.3) is 0 Å². The SMILES string of the molecule is CCCCCCCCCCCCCCCCC(O)Cc1ccccc1. The van der Waals surface area contributed by atoms with Crippen LogP contribution in [0.2, 0.25) is 0 Å². The van der Waals surface area contributed by atoms with E-state index in [-0.39, 0.29) is 6.10 Å². The van der Waals surface area contributed by atoms with Crippen LogP contribution in [-0.4, -0.2) is 11.2 Å². The van der Waals surface area contributed by atoms with Gasteiger partial charge in [0.15, 0.2) is 0 Å². The molecule has 1 aromatic carbocycles. The molecule has 0 bridgehead atoms. The van der Waals surface area contributed by atoms with Gasteiger partial charge in [-0.15, -0.1) is 0 Å². The Labute approximate surface area is 157 Å². The minimum Gasteiger partial charge on any atom is -0.393 e. The van der Waals surface area contributed by atoms with E-state index in [1.54, 1.807) is 0 Å². The monoisotopic (exact) mass is 346 g/mol. The normalized spacial score (nSPS) is 12.4. The number of benzene rings is 1. The lowest BCUT2D eigenvalue weighted by Gasteiger charge is -2.10. The zero-order valence-electron chi connectivity index (χ0n) is 16.7. The third-order valence-corrected chi connectivity index (χ3v) is 5.21. The van der Waals surface area contributed by atoms with Crippen molar-refractivity contribution in [2.45, 2.75) is 116 Å². The standard InChI is InChI=1S/C24H42O/c1-2-3-4-5-6-7-8-9-10-11-12-13-14-18-21-24(25)22-23-19-16-15-17-20-23/h15-17,19-20,24-25H,2-14,18,21-22H2,1H3. The van der Waals surface area contributed by atoms with Crippen LogP contribution in [0.1, 0.15) is 109 Å². The number of unbranched alkanes of at least 4 members (excludes halogenated alkanes) is 13. The fourth-order valence-corrected chi connectivity index (χ4v) is 3.56. The van der Waals surface area contributed by atoms with Crippen molar-refractivity contribution in [2.24, 2.45) is 0 Å². The highest BCUT2D eigenvalue weighted by atomic mass is 16.3. The Kier molecular flexibility index (Phi) is 14.8. The molecule has 1 unspecified atom stereocenters. The topological polar surface area (TPSA) is 20.2 Å². The zero-order chi connectivity index (χ0) is 18.0. The van der Waals surface area contributed by atoms with Crippen LogP contribution in [0, 0.1) is 0 Å². The number of rotatable bonds is 17. The molecule has 0 saturated carbocycles. The Morgan fingerprint density at radius 3 is 1.56 bits per heavy atom. The zero-order valence-corrected chi connectivity index (χ0v) is 16.7. The molecule has 1 aromatic rings. The van der Waals surface area contributed by atoms with Crippen molar-refractivity contribution >= 4 is 0 Å². The van der Waals surface area contributed by atoms with Gasteiger partial charge in [-0.25, -0.2) is 0 Å². The fraction of sp³-hybridized carbons (Fsp3) is 0.750. The van der Waals surface area contributed by atoms with Crippen LogP contribution in [0.15, 0.2) is 30.3 Å². The average molecular weight is 347 g/mol. The predicted molar refractivity (Wildman–Crippen MR) is 111 cm³/mol. The molecular weight excluding hydrogens is 304 g/mol. The van der Waals surface area contributed by atoms with Crippen LogP contribution in [0.4, 0.5) is 0 Å². The lowest BCUT2D eigenvalue weighted by atomic mass is 10.0. The molecule has 0 amide bonds. The van der Waals surface area contributed by atoms with Gasteiger partial charge in [0.05, 0.1) is 6.10 Å². The van der Waals surface area contributed by atoms with E-state index in [0.29, 0.717) is 0 Å². The molecular formula is C24H42O. The summed E-state index contributed by atoms with van der Waals surface area (Å²) in [7, 11) is 0. The van der Waals surface area contributed by atoms with E-state index in [2.05, 4.69) is 31.2 Å². The Balaban J connectivity index is 1.78. The van der Waals surface area contributed by atoms with Crippen molar-refractivity contribution in [3.63, 3.8) is 0 Å². The first kappa shape index (κ1) is 22.2. The maximum atomic E-state index is 10.1. The fourth-order valence-electron chi connectivity index (χ4n) is 3.56. The summed E-state index contributed by atoms with van der Waals surface area (Å²) < 4.78 is 0. The van der Waals surface area contributed by atoms with Gasteiger partial charge < -0.3 is 5.11 Å². The summed E-state index contributed by atoms with van der Waals surface area (Å²) in [5.74, 6) is 0. The minimum absolute atomic E-state index is 0.167. The molecule has 0 aliphatic heterocycles. The molecule has 0 fully saturated rings. The van der Waals surface area contributed by atoms with E-state index in [1.165, 1.54) is 95.5 Å². The molecule has 25 heavy (non-hydrogen) atoms. The first-order chi connectivity index (χ1) is 12.3. The lowest BCUT2D eigenvalue weighted by molar-refractivity contribution is 0.161. The van der Waals surface area contributed by atoms with Crippen LogP contribution >= 0.6 is 0 Å². The molecule has 0 aromatic heterocycles. The minimum atomic E-state index is -0.167. The first-order valence-corrected chi connectivity index (χ1v) is 11.0. The van der Waals surface area contributed by atoms with Crippen molar-refractivity contribution in [3.8, 4) is 0 Å². The Hall–Kier alpha value is -0.820. The van der Waals surface area contributed by atoms with Gasteiger partial charge in [-0.1, -0.05) is 127 Å². The molecule has 0 heterocycles. The summed E-state index contributed by atoms with van der Waals surface area (Å²) in [5, 5.41) is 10.1. The second-order valence-electron chi connectivity index (χ2n) is 7.73. The average Bonchev–Trinajstić information content (AvgIpc) is 2.63. The summed E-state index contributed by atoms with van der Waals surface area (Å²) in [6.45, 7) is 2.28. The first-order valence-electron chi connectivity index (χ1n) is 11.0. The van der Waals surface area contributed by atoms with Crippen LogP contribution < -0.4 is 0 Å². The van der Waals surface area contributed by atoms with Gasteiger partial charge in [0.25, 0.3) is 0 Å². The highest BCUT2D eigenvalue weighted by Gasteiger charge is 2.04. The smallest absolute Gasteiger partial charge is 0.0580 e. The van der Waals surface area contributed by atoms with Crippen molar-refractivity contribution in [2.75, 3.05) is 0 Å². The summed E-state index contributed by atoms with van der Waals surface area (Å²) in [4.78, 5) is 0. The summed E-state index contributed by atoms with van der Waals surface area (Å²) in [6.07, 6.45) is 21.0. The van der Waals surface area contributed by atoms with Crippen molar-refractivity contribution in [3.05, 3.63) is 35.9 Å². The van der Waals surface area contributed by atoms with Gasteiger partial charge in [-0.05, 0) is 18.4 Å². The number of aliphatic hydroxyl groups is 1. The van der Waals surface area contributed by atoms with E-state index in [1.807, 2.05) is 6.07 Å². The molecule has 0 saturated heterocycles. The van der Waals surface area contributed by atoms with E-state index in [9.17, 15) is 5.11 Å². The Bertz CT molecular complexity index is 373. The van der Waals surface area contributed by atoms with Gasteiger partial charge in [-0.3, -0.25) is 0 Å². The summed E-state index contributed by atoms with van der Waals surface area (Å²) in [5.41, 5.74) is 1.25. The number of hydrogen-bond acceptors (Lipinski definition) is 1. The molecule has 1 rings (SSSR count). The van der Waals surface area contributed by atoms with E-state index in [0.717, 1.165) is 12.8 Å². The second kappa shape index (κ2) is 16.6. The summed E-state index contributed by atoms with van der Waals surface area (Å²) >= 11 is 0. The van der Waals surface area contributed by atoms with Crippen LogP contribution in [0.5, 0.6) is 0 Å². The van der Waals surface area contributed by atoms with Crippen LogP contribution in [-0.2, 0) is 6.42 Å². The molecule has 0 aliphatic rings. The Morgan fingerprint density at radius 2 is 1.08 bits per heavy atom. The molecule has 0 spiro atoms. The maximum absolute atomic E-state index is 10.1. The third-order valence-electron chi connectivity index (χ3n) is 5.21. The number of hydrogen-bond donors (Lipinski definition) is 1. The predicted octanol–water partition coefficient (Wildman–Crippen LogP) is 7.46. The highest BCUT2D eigenvalue weighted by Crippen LogP contribution is 2.14. The quantitative estimate of drug-likeness (QED) is 0.290. The molecule has 0 aliphatic carbocycles. The van der Waals surface area contributed by atoms with Gasteiger partial charge >= 0.3 is 0 Å². The van der Waals surface area contributed by atoms with Crippen molar-refractivity contribution < 1.29 is 5.11 Å². The van der Waals surface area contributed by atoms with E-state index >= 15 is 0 Å². The van der Waals surface area contributed by atoms with Crippen molar-refractivity contribution in [1.29, 1.82) is 0 Å². The van der Waals surface area contributed by atoms with Gasteiger partial charge in [0.2, 0.25) is 0 Å². The van der Waals surface area contributed by atoms with Crippen molar-refractivity contribution in [1.82, 2.24) is 0 Å². The highest BCUT2D eigenvalue weighted by molar-refractivity contribution is 5.15. The second-order valence-corrected chi connectivity index (χ2v) is 7.73. The molecule has 1 heteroatoms. The summed E-state index contributed by atoms with van der Waals surface area (Å²) in [6, 6.07) is 10.3. The molecule has 0 radical (unpaired) electrons. The molecule has 1 nitrogen and oxygen atoms in total.